The van der Waals surface area contributed by atoms with E-state index < -0.39 is 5.91 Å². The Morgan fingerprint density at radius 1 is 1.19 bits per heavy atom. The van der Waals surface area contributed by atoms with Crippen molar-refractivity contribution < 1.29 is 23.8 Å². The van der Waals surface area contributed by atoms with E-state index in [-0.39, 0.29) is 24.0 Å². The molecule has 0 saturated carbocycles. The lowest BCUT2D eigenvalue weighted by molar-refractivity contribution is -0.118. The largest absolute Gasteiger partial charge is 0.496 e. The predicted octanol–water partition coefficient (Wildman–Crippen LogP) is 3.59. The van der Waals surface area contributed by atoms with E-state index in [1.807, 2.05) is 18.2 Å². The Morgan fingerprint density at radius 3 is 2.88 bits per heavy atom. The number of fused-ring (bicyclic) bond motifs is 1. The zero-order chi connectivity index (χ0) is 22.5. The lowest BCUT2D eigenvalue weighted by Crippen LogP contribution is -2.24. The number of thioether (sulfide) groups is 1. The minimum absolute atomic E-state index is 0.155. The standard InChI is InChI=1S/C20H17ClN4O5S2/c1-28-14-5-3-12(21)7-13(14)18(27)23-19-24-25-20(32-19)31-9-17(26)22-8-11-2-4-15-16(6-11)30-10-29-15/h2-7H,8-10H2,1H3,(H,22,26)(H,23,24,27). The Bertz CT molecular complexity index is 1160. The molecular formula is C20H17ClN4O5S2. The number of nitrogens with one attached hydrogen (secondary N) is 2. The summed E-state index contributed by atoms with van der Waals surface area (Å²) in [6.45, 7) is 0.577. The fourth-order valence-corrected chi connectivity index (χ4v) is 4.52. The first-order valence-electron chi connectivity index (χ1n) is 9.28. The van der Waals surface area contributed by atoms with Gasteiger partial charge in [0.1, 0.15) is 5.75 Å². The first-order valence-corrected chi connectivity index (χ1v) is 11.5. The van der Waals surface area contributed by atoms with Crippen LogP contribution in [0.2, 0.25) is 5.02 Å². The molecule has 1 aromatic heterocycles. The smallest absolute Gasteiger partial charge is 0.261 e. The van der Waals surface area contributed by atoms with E-state index in [0.717, 1.165) is 5.56 Å². The minimum Gasteiger partial charge on any atom is -0.496 e. The number of carbonyl (C=O) groups excluding carboxylic acids is 2. The number of nitrogens with zero attached hydrogens (tertiary/aromatic N) is 2. The number of methoxy groups -OCH3 is 1. The Kier molecular flexibility index (Phi) is 6.98. The van der Waals surface area contributed by atoms with Gasteiger partial charge in [-0.1, -0.05) is 40.8 Å². The van der Waals surface area contributed by atoms with Crippen molar-refractivity contribution in [2.24, 2.45) is 0 Å². The van der Waals surface area contributed by atoms with Gasteiger partial charge in [0.2, 0.25) is 17.8 Å². The van der Waals surface area contributed by atoms with Gasteiger partial charge in [0, 0.05) is 11.6 Å². The van der Waals surface area contributed by atoms with Gasteiger partial charge in [-0.25, -0.2) is 0 Å². The predicted molar refractivity (Wildman–Crippen MR) is 121 cm³/mol. The van der Waals surface area contributed by atoms with Crippen molar-refractivity contribution in [2.75, 3.05) is 25.0 Å². The molecule has 9 nitrogen and oxygen atoms in total. The maximum Gasteiger partial charge on any atom is 0.261 e. The summed E-state index contributed by atoms with van der Waals surface area (Å²) in [4.78, 5) is 24.7. The molecular weight excluding hydrogens is 476 g/mol. The number of halogens is 1. The number of rotatable bonds is 8. The Balaban J connectivity index is 1.26. The zero-order valence-corrected chi connectivity index (χ0v) is 19.1. The molecule has 2 aromatic carbocycles. The molecule has 2 N–H and O–H groups in total. The van der Waals surface area contributed by atoms with Gasteiger partial charge in [0.05, 0.1) is 18.4 Å². The van der Waals surface area contributed by atoms with Crippen LogP contribution in [0.25, 0.3) is 0 Å². The van der Waals surface area contributed by atoms with Crippen molar-refractivity contribution >= 4 is 51.6 Å². The summed E-state index contributed by atoms with van der Waals surface area (Å²) in [6, 6.07) is 10.3. The number of carbonyl (C=O) groups is 2. The molecule has 2 heterocycles. The van der Waals surface area contributed by atoms with E-state index in [9.17, 15) is 9.59 Å². The fraction of sp³-hybridized carbons (Fsp3) is 0.200. The van der Waals surface area contributed by atoms with Crippen LogP contribution in [0.1, 0.15) is 15.9 Å². The van der Waals surface area contributed by atoms with Crippen molar-refractivity contribution in [2.45, 2.75) is 10.9 Å². The molecule has 166 valence electrons. The molecule has 0 fully saturated rings. The topological polar surface area (TPSA) is 112 Å². The van der Waals surface area contributed by atoms with Crippen molar-refractivity contribution in [3.63, 3.8) is 0 Å². The number of hydrogen-bond acceptors (Lipinski definition) is 9. The van der Waals surface area contributed by atoms with E-state index in [0.29, 0.717) is 38.3 Å². The second kappa shape index (κ2) is 10.1. The van der Waals surface area contributed by atoms with Gasteiger partial charge in [0.25, 0.3) is 5.91 Å². The molecule has 2 amide bonds. The molecule has 0 aliphatic carbocycles. The van der Waals surface area contributed by atoms with Crippen LogP contribution in [0.4, 0.5) is 5.13 Å². The molecule has 1 aliphatic heterocycles. The summed E-state index contributed by atoms with van der Waals surface area (Å²) in [5, 5.41) is 14.2. The fourth-order valence-electron chi connectivity index (χ4n) is 2.77. The van der Waals surface area contributed by atoms with Crippen LogP contribution in [0.15, 0.2) is 40.7 Å². The van der Waals surface area contributed by atoms with Gasteiger partial charge in [-0.3, -0.25) is 14.9 Å². The number of ether oxygens (including phenoxy) is 3. The Labute approximate surface area is 196 Å². The monoisotopic (exact) mass is 492 g/mol. The molecule has 0 spiro atoms. The number of aromatic nitrogens is 2. The van der Waals surface area contributed by atoms with Crippen LogP contribution in [-0.2, 0) is 11.3 Å². The third-order valence-corrected chi connectivity index (χ3v) is 6.49. The summed E-state index contributed by atoms with van der Waals surface area (Å²) < 4.78 is 16.3. The van der Waals surface area contributed by atoms with Crippen molar-refractivity contribution in [1.82, 2.24) is 15.5 Å². The van der Waals surface area contributed by atoms with Gasteiger partial charge in [-0.2, -0.15) is 0 Å². The second-order valence-corrected chi connectivity index (χ2v) is 9.06. The van der Waals surface area contributed by atoms with Crippen LogP contribution >= 0.6 is 34.7 Å². The number of anilines is 1. The van der Waals surface area contributed by atoms with Gasteiger partial charge < -0.3 is 19.5 Å². The van der Waals surface area contributed by atoms with E-state index in [1.165, 1.54) is 36.3 Å². The first kappa shape index (κ1) is 22.2. The van der Waals surface area contributed by atoms with E-state index >= 15 is 0 Å². The van der Waals surface area contributed by atoms with Crippen LogP contribution < -0.4 is 24.8 Å². The molecule has 32 heavy (non-hydrogen) atoms. The number of amides is 2. The maximum atomic E-state index is 12.5. The molecule has 0 radical (unpaired) electrons. The third-order valence-electron chi connectivity index (χ3n) is 4.29. The summed E-state index contributed by atoms with van der Waals surface area (Å²) >= 11 is 8.37. The maximum absolute atomic E-state index is 12.5. The van der Waals surface area contributed by atoms with Crippen molar-refractivity contribution in [3.05, 3.63) is 52.5 Å². The lowest BCUT2D eigenvalue weighted by Gasteiger charge is -2.07. The normalized spacial score (nSPS) is 11.8. The third kappa shape index (κ3) is 5.42. The summed E-state index contributed by atoms with van der Waals surface area (Å²) in [6.07, 6.45) is 0. The molecule has 0 atom stereocenters. The van der Waals surface area contributed by atoms with E-state index in [1.54, 1.807) is 12.1 Å². The molecule has 12 heteroatoms. The average molecular weight is 493 g/mol. The summed E-state index contributed by atoms with van der Waals surface area (Å²) in [7, 11) is 1.47. The first-order chi connectivity index (χ1) is 15.5. The number of hydrogen-bond donors (Lipinski definition) is 2. The highest BCUT2D eigenvalue weighted by atomic mass is 35.5. The van der Waals surface area contributed by atoms with E-state index in [4.69, 9.17) is 25.8 Å². The summed E-state index contributed by atoms with van der Waals surface area (Å²) in [5.74, 6) is 1.35. The molecule has 0 bridgehead atoms. The molecule has 0 saturated heterocycles. The van der Waals surface area contributed by atoms with Crippen LogP contribution in [0.3, 0.4) is 0 Å². The quantitative estimate of drug-likeness (QED) is 0.362. The SMILES string of the molecule is COc1ccc(Cl)cc1C(=O)Nc1nnc(SCC(=O)NCc2ccc3c(c2)OCO3)s1. The highest BCUT2D eigenvalue weighted by Crippen LogP contribution is 2.32. The van der Waals surface area contributed by atoms with Crippen LogP contribution in [-0.4, -0.2) is 41.7 Å². The van der Waals surface area contributed by atoms with E-state index in [2.05, 4.69) is 20.8 Å². The zero-order valence-electron chi connectivity index (χ0n) is 16.7. The van der Waals surface area contributed by atoms with Gasteiger partial charge in [-0.05, 0) is 35.9 Å². The average Bonchev–Trinajstić information content (AvgIpc) is 3.45. The Morgan fingerprint density at radius 2 is 2.03 bits per heavy atom. The number of benzene rings is 2. The lowest BCUT2D eigenvalue weighted by atomic mass is 10.2. The highest BCUT2D eigenvalue weighted by Gasteiger charge is 2.17. The van der Waals surface area contributed by atoms with Crippen molar-refractivity contribution in [1.29, 1.82) is 0 Å². The summed E-state index contributed by atoms with van der Waals surface area (Å²) in [5.41, 5.74) is 1.19. The molecule has 1 aliphatic rings. The van der Waals surface area contributed by atoms with Gasteiger partial charge in [-0.15, -0.1) is 10.2 Å². The Hall–Kier alpha value is -3.02. The van der Waals surface area contributed by atoms with Gasteiger partial charge >= 0.3 is 0 Å². The van der Waals surface area contributed by atoms with Gasteiger partial charge in [0.15, 0.2) is 15.8 Å². The van der Waals surface area contributed by atoms with Crippen molar-refractivity contribution in [3.8, 4) is 17.2 Å². The van der Waals surface area contributed by atoms with Crippen LogP contribution in [0.5, 0.6) is 17.2 Å². The molecule has 3 aromatic rings. The minimum atomic E-state index is -0.418. The second-order valence-electron chi connectivity index (χ2n) is 6.42. The highest BCUT2D eigenvalue weighted by molar-refractivity contribution is 8.01. The molecule has 0 unspecified atom stereocenters. The molecule has 4 rings (SSSR count). The van der Waals surface area contributed by atoms with Crippen LogP contribution in [0, 0.1) is 0 Å².